The zero-order valence-corrected chi connectivity index (χ0v) is 10.6. The number of carbonyl (C=O) groups excluding carboxylic acids is 1. The molecular weight excluding hydrogens is 269 g/mol. The molecule has 1 heterocycles. The zero-order chi connectivity index (χ0) is 13.8. The first-order valence-corrected chi connectivity index (χ1v) is 5.88. The van der Waals surface area contributed by atoms with Crippen LogP contribution >= 0.6 is 11.6 Å². The topological polar surface area (TPSA) is 68.0 Å². The lowest BCUT2D eigenvalue weighted by atomic mass is 10.2. The average Bonchev–Trinajstić information content (AvgIpc) is 2.37. The second-order valence-corrected chi connectivity index (χ2v) is 4.34. The molecule has 0 saturated carbocycles. The first kappa shape index (κ1) is 13.3. The lowest BCUT2D eigenvalue weighted by Crippen LogP contribution is -2.15. The SMILES string of the molecule is Nc1ccc(CC(=O)Nc2ccc(Cl)c(F)c2)nc1. The third-order valence-electron chi connectivity index (χ3n) is 2.39. The van der Waals surface area contributed by atoms with Gasteiger partial charge in [0.2, 0.25) is 5.91 Å². The Morgan fingerprint density at radius 1 is 1.37 bits per heavy atom. The predicted molar refractivity (Wildman–Crippen MR) is 72.4 cm³/mol. The second-order valence-electron chi connectivity index (χ2n) is 3.94. The molecule has 0 aliphatic carbocycles. The summed E-state index contributed by atoms with van der Waals surface area (Å²) in [5.74, 6) is -0.871. The standard InChI is InChI=1S/C13H11ClFN3O/c14-11-4-3-10(5-12(11)15)18-13(19)6-9-2-1-8(16)7-17-9/h1-5,7H,6,16H2,(H,18,19). The van der Waals surface area contributed by atoms with Crippen LogP contribution in [0.2, 0.25) is 5.02 Å². The molecule has 0 bridgehead atoms. The number of aromatic nitrogens is 1. The molecule has 0 spiro atoms. The summed E-state index contributed by atoms with van der Waals surface area (Å²) in [7, 11) is 0. The van der Waals surface area contributed by atoms with Gasteiger partial charge in [-0.25, -0.2) is 4.39 Å². The number of nitrogens with two attached hydrogens (primary N) is 1. The highest BCUT2D eigenvalue weighted by atomic mass is 35.5. The van der Waals surface area contributed by atoms with Crippen LogP contribution in [-0.2, 0) is 11.2 Å². The summed E-state index contributed by atoms with van der Waals surface area (Å²) >= 11 is 5.55. The fourth-order valence-electron chi connectivity index (χ4n) is 1.48. The molecule has 2 rings (SSSR count). The molecule has 19 heavy (non-hydrogen) atoms. The number of halogens is 2. The normalized spacial score (nSPS) is 10.2. The van der Waals surface area contributed by atoms with E-state index < -0.39 is 5.82 Å². The van der Waals surface area contributed by atoms with Crippen LogP contribution in [0, 0.1) is 5.82 Å². The third kappa shape index (κ3) is 3.66. The number of nitrogen functional groups attached to an aromatic ring is 1. The molecule has 1 amide bonds. The number of pyridine rings is 1. The number of amides is 1. The molecule has 0 unspecified atom stereocenters. The smallest absolute Gasteiger partial charge is 0.230 e. The molecule has 0 saturated heterocycles. The molecule has 1 aromatic carbocycles. The summed E-state index contributed by atoms with van der Waals surface area (Å²) < 4.78 is 13.2. The first-order valence-electron chi connectivity index (χ1n) is 5.50. The molecule has 3 N–H and O–H groups in total. The van der Waals surface area contributed by atoms with E-state index in [9.17, 15) is 9.18 Å². The Morgan fingerprint density at radius 3 is 2.79 bits per heavy atom. The zero-order valence-electron chi connectivity index (χ0n) is 9.86. The molecule has 98 valence electrons. The Hall–Kier alpha value is -2.14. The van der Waals surface area contributed by atoms with Crippen LogP contribution < -0.4 is 11.1 Å². The number of anilines is 2. The maximum absolute atomic E-state index is 13.2. The molecule has 0 radical (unpaired) electrons. The summed E-state index contributed by atoms with van der Waals surface area (Å²) in [6.45, 7) is 0. The highest BCUT2D eigenvalue weighted by Gasteiger charge is 2.07. The van der Waals surface area contributed by atoms with E-state index >= 15 is 0 Å². The van der Waals surface area contributed by atoms with Crippen LogP contribution in [0.5, 0.6) is 0 Å². The maximum atomic E-state index is 13.2. The van der Waals surface area contributed by atoms with E-state index in [1.54, 1.807) is 12.1 Å². The van der Waals surface area contributed by atoms with E-state index in [-0.39, 0.29) is 17.4 Å². The van der Waals surface area contributed by atoms with Crippen LogP contribution in [0.3, 0.4) is 0 Å². The summed E-state index contributed by atoms with van der Waals surface area (Å²) in [6, 6.07) is 7.40. The molecule has 0 aliphatic heterocycles. The Morgan fingerprint density at radius 2 is 2.16 bits per heavy atom. The van der Waals surface area contributed by atoms with Gasteiger partial charge < -0.3 is 11.1 Å². The second kappa shape index (κ2) is 5.67. The number of nitrogens with one attached hydrogen (secondary N) is 1. The quantitative estimate of drug-likeness (QED) is 0.907. The van der Waals surface area contributed by atoms with Gasteiger partial charge in [-0.3, -0.25) is 9.78 Å². The number of hydrogen-bond donors (Lipinski definition) is 2. The Balaban J connectivity index is 2.01. The van der Waals surface area contributed by atoms with Crippen LogP contribution in [0.15, 0.2) is 36.5 Å². The van der Waals surface area contributed by atoms with E-state index in [0.29, 0.717) is 17.1 Å². The molecule has 0 fully saturated rings. The van der Waals surface area contributed by atoms with Crippen LogP contribution in [0.4, 0.5) is 15.8 Å². The summed E-state index contributed by atoms with van der Waals surface area (Å²) in [5, 5.41) is 2.58. The molecule has 0 aliphatic rings. The van der Waals surface area contributed by atoms with Gasteiger partial charge in [-0.1, -0.05) is 11.6 Å². The van der Waals surface area contributed by atoms with Crippen molar-refractivity contribution in [3.63, 3.8) is 0 Å². The van der Waals surface area contributed by atoms with E-state index in [1.807, 2.05) is 0 Å². The van der Waals surface area contributed by atoms with Crippen molar-refractivity contribution in [1.82, 2.24) is 4.98 Å². The van der Waals surface area contributed by atoms with Crippen molar-refractivity contribution in [2.45, 2.75) is 6.42 Å². The number of benzene rings is 1. The van der Waals surface area contributed by atoms with Crippen molar-refractivity contribution in [3.8, 4) is 0 Å². The fraction of sp³-hybridized carbons (Fsp3) is 0.0769. The minimum Gasteiger partial charge on any atom is -0.397 e. The Labute approximate surface area is 114 Å². The Kier molecular flexibility index (Phi) is 3.97. The predicted octanol–water partition coefficient (Wildman–Crippen LogP) is 2.64. The molecule has 1 aromatic heterocycles. The molecule has 6 heteroatoms. The van der Waals surface area contributed by atoms with E-state index in [4.69, 9.17) is 17.3 Å². The van der Waals surface area contributed by atoms with Crippen molar-refractivity contribution >= 4 is 28.9 Å². The summed E-state index contributed by atoms with van der Waals surface area (Å²) in [4.78, 5) is 15.7. The van der Waals surface area contributed by atoms with Crippen molar-refractivity contribution < 1.29 is 9.18 Å². The highest BCUT2D eigenvalue weighted by molar-refractivity contribution is 6.30. The molecule has 0 atom stereocenters. The largest absolute Gasteiger partial charge is 0.397 e. The minimum atomic E-state index is -0.579. The molecular formula is C13H11ClFN3O. The van der Waals surface area contributed by atoms with Gasteiger partial charge in [0.25, 0.3) is 0 Å². The number of hydrogen-bond acceptors (Lipinski definition) is 3. The third-order valence-corrected chi connectivity index (χ3v) is 2.70. The first-order chi connectivity index (χ1) is 9.04. The summed E-state index contributed by atoms with van der Waals surface area (Å²) in [6.07, 6.45) is 1.56. The van der Waals surface area contributed by atoms with Crippen molar-refractivity contribution in [2.24, 2.45) is 0 Å². The van der Waals surface area contributed by atoms with Gasteiger partial charge in [-0.05, 0) is 30.3 Å². The highest BCUT2D eigenvalue weighted by Crippen LogP contribution is 2.18. The lowest BCUT2D eigenvalue weighted by Gasteiger charge is -2.05. The van der Waals surface area contributed by atoms with Crippen molar-refractivity contribution in [2.75, 3.05) is 11.1 Å². The maximum Gasteiger partial charge on any atom is 0.230 e. The van der Waals surface area contributed by atoms with Crippen LogP contribution in [0.25, 0.3) is 0 Å². The number of nitrogens with zero attached hydrogens (tertiary/aromatic N) is 1. The van der Waals surface area contributed by atoms with Gasteiger partial charge in [0.15, 0.2) is 0 Å². The van der Waals surface area contributed by atoms with Crippen molar-refractivity contribution in [1.29, 1.82) is 0 Å². The van der Waals surface area contributed by atoms with E-state index in [0.717, 1.165) is 6.07 Å². The van der Waals surface area contributed by atoms with E-state index in [2.05, 4.69) is 10.3 Å². The van der Waals surface area contributed by atoms with Gasteiger partial charge in [-0.2, -0.15) is 0 Å². The van der Waals surface area contributed by atoms with Gasteiger partial charge in [-0.15, -0.1) is 0 Å². The van der Waals surface area contributed by atoms with Gasteiger partial charge in [0, 0.05) is 11.4 Å². The lowest BCUT2D eigenvalue weighted by molar-refractivity contribution is -0.115. The monoisotopic (exact) mass is 279 g/mol. The van der Waals surface area contributed by atoms with E-state index in [1.165, 1.54) is 18.3 Å². The number of carbonyl (C=O) groups is 1. The fourth-order valence-corrected chi connectivity index (χ4v) is 1.60. The van der Waals surface area contributed by atoms with Gasteiger partial charge in [0.05, 0.1) is 23.3 Å². The Bertz CT molecular complexity index is 601. The van der Waals surface area contributed by atoms with Crippen LogP contribution in [0.1, 0.15) is 5.69 Å². The molecule has 4 nitrogen and oxygen atoms in total. The molecule has 2 aromatic rings. The van der Waals surface area contributed by atoms with Crippen molar-refractivity contribution in [3.05, 3.63) is 53.1 Å². The average molecular weight is 280 g/mol. The number of rotatable bonds is 3. The summed E-state index contributed by atoms with van der Waals surface area (Å²) in [5.41, 5.74) is 6.96. The van der Waals surface area contributed by atoms with Crippen LogP contribution in [-0.4, -0.2) is 10.9 Å². The minimum absolute atomic E-state index is 0.0122. The van der Waals surface area contributed by atoms with Gasteiger partial charge in [0.1, 0.15) is 5.82 Å². The van der Waals surface area contributed by atoms with Gasteiger partial charge >= 0.3 is 0 Å².